The molecule has 19 heavy (non-hydrogen) atoms. The molecule has 96 valence electrons. The molecule has 0 radical (unpaired) electrons. The van der Waals surface area contributed by atoms with Crippen LogP contribution in [0.1, 0.15) is 41.3 Å². The van der Waals surface area contributed by atoms with Crippen LogP contribution in [0.5, 0.6) is 0 Å². The maximum Gasteiger partial charge on any atom is 0.166 e. The standard InChI is InChI=1S/C18H18O/c1-12-13(2)18(19)16-11-7-6-10-15(16)17(12)14-8-4-3-5-9-14/h3-13,17H,1-2H3. The number of benzene rings is 2. The zero-order valence-corrected chi connectivity index (χ0v) is 11.3. The van der Waals surface area contributed by atoms with E-state index in [0.717, 1.165) is 5.56 Å². The largest absolute Gasteiger partial charge is 0.294 e. The van der Waals surface area contributed by atoms with Gasteiger partial charge < -0.3 is 0 Å². The highest BCUT2D eigenvalue weighted by atomic mass is 16.1. The second kappa shape index (κ2) is 4.65. The first-order chi connectivity index (χ1) is 9.20. The van der Waals surface area contributed by atoms with E-state index in [9.17, 15) is 4.79 Å². The van der Waals surface area contributed by atoms with Gasteiger partial charge in [-0.3, -0.25) is 4.79 Å². The van der Waals surface area contributed by atoms with Crippen LogP contribution in [0.25, 0.3) is 0 Å². The molecule has 1 nitrogen and oxygen atoms in total. The molecule has 3 atom stereocenters. The minimum atomic E-state index is 0.0834. The average molecular weight is 250 g/mol. The summed E-state index contributed by atoms with van der Waals surface area (Å²) in [6, 6.07) is 18.6. The summed E-state index contributed by atoms with van der Waals surface area (Å²) in [5.74, 6) is 1.03. The molecule has 3 unspecified atom stereocenters. The van der Waals surface area contributed by atoms with Gasteiger partial charge in [-0.05, 0) is 17.0 Å². The average Bonchev–Trinajstić information content (AvgIpc) is 2.46. The molecule has 0 saturated carbocycles. The monoisotopic (exact) mass is 250 g/mol. The van der Waals surface area contributed by atoms with Crippen LogP contribution in [0.4, 0.5) is 0 Å². The lowest BCUT2D eigenvalue weighted by Gasteiger charge is -2.35. The van der Waals surface area contributed by atoms with E-state index in [2.05, 4.69) is 44.2 Å². The van der Waals surface area contributed by atoms with Crippen molar-refractivity contribution in [2.24, 2.45) is 11.8 Å². The lowest BCUT2D eigenvalue weighted by Crippen LogP contribution is -2.32. The fraction of sp³-hybridized carbons (Fsp3) is 0.278. The van der Waals surface area contributed by atoms with Gasteiger partial charge in [0, 0.05) is 17.4 Å². The van der Waals surface area contributed by atoms with Gasteiger partial charge >= 0.3 is 0 Å². The van der Waals surface area contributed by atoms with Gasteiger partial charge in [-0.1, -0.05) is 68.4 Å². The molecule has 0 N–H and O–H groups in total. The number of hydrogen-bond acceptors (Lipinski definition) is 1. The third-order valence-corrected chi connectivity index (χ3v) is 4.45. The third-order valence-electron chi connectivity index (χ3n) is 4.45. The summed E-state index contributed by atoms with van der Waals surface area (Å²) >= 11 is 0. The first-order valence-electron chi connectivity index (χ1n) is 6.88. The van der Waals surface area contributed by atoms with Crippen molar-refractivity contribution in [2.75, 3.05) is 0 Å². The summed E-state index contributed by atoms with van der Waals surface area (Å²) in [6.07, 6.45) is 0. The van der Waals surface area contributed by atoms with E-state index in [4.69, 9.17) is 0 Å². The highest BCUT2D eigenvalue weighted by molar-refractivity contribution is 6.00. The molecule has 0 bridgehead atoms. The fourth-order valence-electron chi connectivity index (χ4n) is 3.19. The van der Waals surface area contributed by atoms with Crippen LogP contribution in [0.3, 0.4) is 0 Å². The van der Waals surface area contributed by atoms with Crippen LogP contribution in [-0.4, -0.2) is 5.78 Å². The summed E-state index contributed by atoms with van der Waals surface area (Å²) in [7, 11) is 0. The van der Waals surface area contributed by atoms with Crippen molar-refractivity contribution >= 4 is 5.78 Å². The predicted molar refractivity (Wildman–Crippen MR) is 77.4 cm³/mol. The highest BCUT2D eigenvalue weighted by Crippen LogP contribution is 2.43. The van der Waals surface area contributed by atoms with Crippen LogP contribution in [-0.2, 0) is 0 Å². The van der Waals surface area contributed by atoms with E-state index in [0.29, 0.717) is 11.8 Å². The SMILES string of the molecule is CC1C(=O)c2ccccc2C(c2ccccc2)C1C. The van der Waals surface area contributed by atoms with Gasteiger partial charge in [0.15, 0.2) is 5.78 Å². The summed E-state index contributed by atoms with van der Waals surface area (Å²) < 4.78 is 0. The Morgan fingerprint density at radius 2 is 1.47 bits per heavy atom. The molecular formula is C18H18O. The first-order valence-corrected chi connectivity index (χ1v) is 6.88. The fourth-order valence-corrected chi connectivity index (χ4v) is 3.19. The summed E-state index contributed by atoms with van der Waals surface area (Å²) in [5, 5.41) is 0. The molecule has 2 aromatic rings. The number of rotatable bonds is 1. The zero-order valence-electron chi connectivity index (χ0n) is 11.3. The number of carbonyl (C=O) groups excluding carboxylic acids is 1. The highest BCUT2D eigenvalue weighted by Gasteiger charge is 2.37. The van der Waals surface area contributed by atoms with Crippen LogP contribution >= 0.6 is 0 Å². The van der Waals surface area contributed by atoms with Gasteiger partial charge in [-0.2, -0.15) is 0 Å². The van der Waals surface area contributed by atoms with Gasteiger partial charge in [0.1, 0.15) is 0 Å². The zero-order chi connectivity index (χ0) is 13.4. The Labute approximate surface area is 114 Å². The molecule has 1 heteroatoms. The number of ketones is 1. The van der Waals surface area contributed by atoms with Gasteiger partial charge in [-0.25, -0.2) is 0 Å². The third kappa shape index (κ3) is 1.90. The van der Waals surface area contributed by atoms with Crippen LogP contribution in [0, 0.1) is 11.8 Å². The summed E-state index contributed by atoms with van der Waals surface area (Å²) in [5.41, 5.74) is 3.40. The molecule has 0 fully saturated rings. The topological polar surface area (TPSA) is 17.1 Å². The second-order valence-corrected chi connectivity index (χ2v) is 5.49. The maximum absolute atomic E-state index is 12.4. The Hall–Kier alpha value is -1.89. The molecule has 1 aliphatic carbocycles. The lowest BCUT2D eigenvalue weighted by molar-refractivity contribution is 0.0866. The molecule has 2 aromatic carbocycles. The van der Waals surface area contributed by atoms with E-state index in [1.807, 2.05) is 24.3 Å². The van der Waals surface area contributed by atoms with Crippen molar-refractivity contribution in [3.05, 3.63) is 71.3 Å². The minimum absolute atomic E-state index is 0.0834. The molecule has 0 saturated heterocycles. The smallest absolute Gasteiger partial charge is 0.166 e. The van der Waals surface area contributed by atoms with E-state index in [1.54, 1.807) is 0 Å². The van der Waals surface area contributed by atoms with Crippen molar-refractivity contribution in [1.82, 2.24) is 0 Å². The van der Waals surface area contributed by atoms with Crippen molar-refractivity contribution in [3.8, 4) is 0 Å². The van der Waals surface area contributed by atoms with E-state index in [-0.39, 0.29) is 11.7 Å². The Balaban J connectivity index is 2.19. The summed E-state index contributed by atoms with van der Waals surface area (Å²) in [4.78, 5) is 12.4. The second-order valence-electron chi connectivity index (χ2n) is 5.49. The van der Waals surface area contributed by atoms with E-state index < -0.39 is 0 Å². The molecular weight excluding hydrogens is 232 g/mol. The Morgan fingerprint density at radius 3 is 2.21 bits per heavy atom. The Bertz CT molecular complexity index is 600. The minimum Gasteiger partial charge on any atom is -0.294 e. The number of hydrogen-bond donors (Lipinski definition) is 0. The lowest BCUT2D eigenvalue weighted by atomic mass is 9.67. The van der Waals surface area contributed by atoms with Gasteiger partial charge in [-0.15, -0.1) is 0 Å². The molecule has 3 rings (SSSR count). The van der Waals surface area contributed by atoms with Crippen LogP contribution in [0.2, 0.25) is 0 Å². The Morgan fingerprint density at radius 1 is 0.842 bits per heavy atom. The molecule has 0 aliphatic heterocycles. The molecule has 0 heterocycles. The first kappa shape index (κ1) is 12.2. The van der Waals surface area contributed by atoms with Crippen molar-refractivity contribution in [3.63, 3.8) is 0 Å². The van der Waals surface area contributed by atoms with Gasteiger partial charge in [0.2, 0.25) is 0 Å². The normalized spacial score (nSPS) is 26.0. The van der Waals surface area contributed by atoms with Crippen molar-refractivity contribution < 1.29 is 4.79 Å². The summed E-state index contributed by atoms with van der Waals surface area (Å²) in [6.45, 7) is 4.25. The van der Waals surface area contributed by atoms with E-state index in [1.165, 1.54) is 11.1 Å². The maximum atomic E-state index is 12.4. The van der Waals surface area contributed by atoms with E-state index >= 15 is 0 Å². The van der Waals surface area contributed by atoms with Crippen molar-refractivity contribution in [2.45, 2.75) is 19.8 Å². The Kier molecular flexibility index (Phi) is 2.98. The van der Waals surface area contributed by atoms with Gasteiger partial charge in [0.25, 0.3) is 0 Å². The van der Waals surface area contributed by atoms with Crippen LogP contribution in [0.15, 0.2) is 54.6 Å². The number of fused-ring (bicyclic) bond motifs is 1. The van der Waals surface area contributed by atoms with Crippen molar-refractivity contribution in [1.29, 1.82) is 0 Å². The van der Waals surface area contributed by atoms with Gasteiger partial charge in [0.05, 0.1) is 0 Å². The molecule has 0 amide bonds. The molecule has 1 aliphatic rings. The number of carbonyl (C=O) groups is 1. The quantitative estimate of drug-likeness (QED) is 0.738. The molecule has 0 spiro atoms. The van der Waals surface area contributed by atoms with Crippen LogP contribution < -0.4 is 0 Å². The number of Topliss-reactive ketones (excluding diaryl/α,β-unsaturated/α-hetero) is 1. The predicted octanol–water partition coefficient (Wildman–Crippen LogP) is 4.29. The molecule has 0 aromatic heterocycles.